The van der Waals surface area contributed by atoms with Gasteiger partial charge in [0.2, 0.25) is 0 Å². The minimum absolute atomic E-state index is 0.320. The fourth-order valence-electron chi connectivity index (χ4n) is 1.78. The molecule has 1 saturated heterocycles. The molecule has 0 aliphatic carbocycles. The summed E-state index contributed by atoms with van der Waals surface area (Å²) in [5.41, 5.74) is 1.22. The summed E-state index contributed by atoms with van der Waals surface area (Å²) in [6.45, 7) is 2.24. The first kappa shape index (κ1) is 11.4. The minimum atomic E-state index is 0.320. The first-order chi connectivity index (χ1) is 7.95. The number of rotatable bonds is 5. The molecule has 0 amide bonds. The highest BCUT2D eigenvalue weighted by Gasteiger charge is 2.10. The monoisotopic (exact) mass is 218 g/mol. The minimum Gasteiger partial charge on any atom is -0.374 e. The van der Waals surface area contributed by atoms with Crippen LogP contribution in [0.25, 0.3) is 0 Å². The summed E-state index contributed by atoms with van der Waals surface area (Å²) in [6, 6.07) is 10.2. The molecule has 0 spiro atoms. The van der Waals surface area contributed by atoms with Gasteiger partial charge in [0, 0.05) is 6.61 Å². The Morgan fingerprint density at radius 3 is 2.94 bits per heavy atom. The lowest BCUT2D eigenvalue weighted by Gasteiger charge is -2.03. The average Bonchev–Trinajstić information content (AvgIpc) is 2.83. The molecule has 0 radical (unpaired) electrons. The van der Waals surface area contributed by atoms with Crippen LogP contribution in [-0.4, -0.2) is 19.3 Å². The van der Waals surface area contributed by atoms with E-state index in [1.54, 1.807) is 0 Å². The van der Waals surface area contributed by atoms with E-state index >= 15 is 0 Å². The van der Waals surface area contributed by atoms with E-state index in [1.165, 1.54) is 12.0 Å². The van der Waals surface area contributed by atoms with E-state index in [0.29, 0.717) is 19.3 Å². The smallest absolute Gasteiger partial charge is 0.0757 e. The Morgan fingerprint density at radius 1 is 1.31 bits per heavy atom. The summed E-state index contributed by atoms with van der Waals surface area (Å²) in [5.74, 6) is 0. The molecule has 0 N–H and O–H groups in total. The van der Waals surface area contributed by atoms with Crippen LogP contribution >= 0.6 is 0 Å². The van der Waals surface area contributed by atoms with Crippen LogP contribution in [0, 0.1) is 0 Å². The molecule has 0 aromatic heterocycles. The van der Waals surface area contributed by atoms with Gasteiger partial charge in [-0.1, -0.05) is 42.5 Å². The molecule has 1 heterocycles. The van der Waals surface area contributed by atoms with Crippen LogP contribution in [0.3, 0.4) is 0 Å². The lowest BCUT2D eigenvalue weighted by atomic mass is 10.2. The van der Waals surface area contributed by atoms with Crippen molar-refractivity contribution in [3.8, 4) is 0 Å². The maximum Gasteiger partial charge on any atom is 0.0757 e. The summed E-state index contributed by atoms with van der Waals surface area (Å²) in [5, 5.41) is 0. The molecule has 1 aliphatic rings. The standard InChI is InChI=1S/C14H18O2/c1-2-6-13(7-3-1)12-15-10-4-8-14-9-5-11-16-14/h1-4,6-8,14H,5,9-12H2/b8-4+. The third-order valence-corrected chi connectivity index (χ3v) is 2.64. The summed E-state index contributed by atoms with van der Waals surface area (Å²) in [7, 11) is 0. The van der Waals surface area contributed by atoms with E-state index in [0.717, 1.165) is 13.0 Å². The van der Waals surface area contributed by atoms with Crippen LogP contribution in [-0.2, 0) is 16.1 Å². The van der Waals surface area contributed by atoms with E-state index in [4.69, 9.17) is 9.47 Å². The van der Waals surface area contributed by atoms with Gasteiger partial charge in [0.15, 0.2) is 0 Å². The van der Waals surface area contributed by atoms with E-state index in [2.05, 4.69) is 24.3 Å². The SMILES string of the molecule is C(=C\C1CCCO1)/COCc1ccccc1. The summed E-state index contributed by atoms with van der Waals surface area (Å²) in [6.07, 6.45) is 6.81. The Morgan fingerprint density at radius 2 is 2.19 bits per heavy atom. The average molecular weight is 218 g/mol. The van der Waals surface area contributed by atoms with Gasteiger partial charge in [-0.05, 0) is 18.4 Å². The molecule has 2 nitrogen and oxygen atoms in total. The van der Waals surface area contributed by atoms with Gasteiger partial charge in [-0.2, -0.15) is 0 Å². The van der Waals surface area contributed by atoms with Gasteiger partial charge < -0.3 is 9.47 Å². The van der Waals surface area contributed by atoms with Crippen LogP contribution in [0.1, 0.15) is 18.4 Å². The Labute approximate surface area is 96.9 Å². The highest BCUT2D eigenvalue weighted by Crippen LogP contribution is 2.12. The Balaban J connectivity index is 1.61. The maximum atomic E-state index is 5.54. The number of benzene rings is 1. The summed E-state index contributed by atoms with van der Waals surface area (Å²) in [4.78, 5) is 0. The first-order valence-corrected chi connectivity index (χ1v) is 5.85. The third-order valence-electron chi connectivity index (χ3n) is 2.64. The molecule has 16 heavy (non-hydrogen) atoms. The molecule has 1 unspecified atom stereocenters. The normalized spacial score (nSPS) is 20.6. The van der Waals surface area contributed by atoms with Crippen molar-refractivity contribution in [2.24, 2.45) is 0 Å². The molecule has 1 fully saturated rings. The van der Waals surface area contributed by atoms with Crippen LogP contribution < -0.4 is 0 Å². The van der Waals surface area contributed by atoms with Crippen molar-refractivity contribution >= 4 is 0 Å². The van der Waals surface area contributed by atoms with Crippen molar-refractivity contribution in [1.29, 1.82) is 0 Å². The zero-order valence-electron chi connectivity index (χ0n) is 9.47. The molecule has 0 saturated carbocycles. The van der Waals surface area contributed by atoms with Crippen molar-refractivity contribution in [2.75, 3.05) is 13.2 Å². The number of ether oxygens (including phenoxy) is 2. The van der Waals surface area contributed by atoms with Gasteiger partial charge in [0.25, 0.3) is 0 Å². The summed E-state index contributed by atoms with van der Waals surface area (Å²) < 4.78 is 11.0. The van der Waals surface area contributed by atoms with Gasteiger partial charge in [-0.15, -0.1) is 0 Å². The van der Waals surface area contributed by atoms with Gasteiger partial charge >= 0.3 is 0 Å². The molecule has 0 bridgehead atoms. The summed E-state index contributed by atoms with van der Waals surface area (Å²) >= 11 is 0. The zero-order valence-corrected chi connectivity index (χ0v) is 9.47. The second kappa shape index (κ2) is 6.46. The predicted molar refractivity (Wildman–Crippen MR) is 64.2 cm³/mol. The Bertz CT molecular complexity index is 313. The Hall–Kier alpha value is -1.12. The quantitative estimate of drug-likeness (QED) is 0.559. The molecular weight excluding hydrogens is 200 g/mol. The maximum absolute atomic E-state index is 5.54. The zero-order chi connectivity index (χ0) is 11.1. The molecular formula is C14H18O2. The van der Waals surface area contributed by atoms with Crippen molar-refractivity contribution in [1.82, 2.24) is 0 Å². The van der Waals surface area contributed by atoms with Gasteiger partial charge in [-0.3, -0.25) is 0 Å². The van der Waals surface area contributed by atoms with E-state index < -0.39 is 0 Å². The van der Waals surface area contributed by atoms with Crippen molar-refractivity contribution < 1.29 is 9.47 Å². The Kier molecular flexibility index (Phi) is 4.59. The second-order valence-electron chi connectivity index (χ2n) is 3.98. The number of hydrogen-bond donors (Lipinski definition) is 0. The highest BCUT2D eigenvalue weighted by molar-refractivity contribution is 5.13. The fourth-order valence-corrected chi connectivity index (χ4v) is 1.78. The van der Waals surface area contributed by atoms with E-state index in [-0.39, 0.29) is 0 Å². The van der Waals surface area contributed by atoms with Gasteiger partial charge in [-0.25, -0.2) is 0 Å². The predicted octanol–water partition coefficient (Wildman–Crippen LogP) is 2.94. The van der Waals surface area contributed by atoms with Crippen LogP contribution in [0.5, 0.6) is 0 Å². The van der Waals surface area contributed by atoms with E-state index in [1.807, 2.05) is 18.2 Å². The lowest BCUT2D eigenvalue weighted by molar-refractivity contribution is 0.137. The number of hydrogen-bond acceptors (Lipinski definition) is 2. The van der Waals surface area contributed by atoms with Crippen LogP contribution in [0.2, 0.25) is 0 Å². The fraction of sp³-hybridized carbons (Fsp3) is 0.429. The molecule has 2 heteroatoms. The highest BCUT2D eigenvalue weighted by atomic mass is 16.5. The molecule has 86 valence electrons. The van der Waals surface area contributed by atoms with E-state index in [9.17, 15) is 0 Å². The second-order valence-corrected chi connectivity index (χ2v) is 3.98. The molecule has 1 aromatic rings. The lowest BCUT2D eigenvalue weighted by Crippen LogP contribution is -2.00. The van der Waals surface area contributed by atoms with Crippen LogP contribution in [0.15, 0.2) is 42.5 Å². The van der Waals surface area contributed by atoms with Gasteiger partial charge in [0.05, 0.1) is 19.3 Å². The molecule has 1 aromatic carbocycles. The largest absolute Gasteiger partial charge is 0.374 e. The topological polar surface area (TPSA) is 18.5 Å². The van der Waals surface area contributed by atoms with Crippen LogP contribution in [0.4, 0.5) is 0 Å². The molecule has 2 rings (SSSR count). The van der Waals surface area contributed by atoms with Crippen molar-refractivity contribution in [3.05, 3.63) is 48.0 Å². The first-order valence-electron chi connectivity index (χ1n) is 5.85. The molecule has 1 aliphatic heterocycles. The van der Waals surface area contributed by atoms with Crippen molar-refractivity contribution in [2.45, 2.75) is 25.6 Å². The van der Waals surface area contributed by atoms with Gasteiger partial charge in [0.1, 0.15) is 0 Å². The van der Waals surface area contributed by atoms with Crippen molar-refractivity contribution in [3.63, 3.8) is 0 Å². The third kappa shape index (κ3) is 3.80. The molecule has 1 atom stereocenters.